The smallest absolute Gasteiger partial charge is 0.326 e. The number of terminal acetylenes is 1. The second kappa shape index (κ2) is 12.0. The van der Waals surface area contributed by atoms with Crippen LogP contribution in [0.4, 0.5) is 11.4 Å². The van der Waals surface area contributed by atoms with Gasteiger partial charge in [-0.2, -0.15) is 0 Å². The minimum Gasteiger partial charge on any atom is -0.480 e. The highest BCUT2D eigenvalue weighted by Gasteiger charge is 2.31. The Morgan fingerprint density at radius 3 is 2.24 bits per heavy atom. The molecule has 3 aromatic rings. The molecule has 1 unspecified atom stereocenters. The zero-order valence-electron chi connectivity index (χ0n) is 21.9. The molecule has 0 saturated heterocycles. The molecule has 0 bridgehead atoms. The summed E-state index contributed by atoms with van der Waals surface area (Å²) in [5.74, 6) is 1.03. The number of hydrogen-bond acceptors (Lipinski definition) is 5. The predicted molar refractivity (Wildman–Crippen MR) is 151 cm³/mol. The molecule has 5 N–H and O–H groups in total. The van der Waals surface area contributed by atoms with E-state index in [-0.39, 0.29) is 11.5 Å². The zero-order valence-corrected chi connectivity index (χ0v) is 21.9. The van der Waals surface area contributed by atoms with Gasteiger partial charge in [-0.1, -0.05) is 55.7 Å². The summed E-state index contributed by atoms with van der Waals surface area (Å²) in [6.45, 7) is 3.88. The fraction of sp³-hybridized carbons (Fsp3) is 0.355. The monoisotopic (exact) mass is 513 g/mol. The van der Waals surface area contributed by atoms with E-state index in [0.29, 0.717) is 12.1 Å². The molecule has 38 heavy (non-hydrogen) atoms. The van der Waals surface area contributed by atoms with Gasteiger partial charge in [0.1, 0.15) is 6.04 Å². The Balaban J connectivity index is 1.61. The minimum absolute atomic E-state index is 0.0993. The van der Waals surface area contributed by atoms with Crippen LogP contribution in [-0.4, -0.2) is 34.5 Å². The standard InChI is InChI=1S/C31H35N3O4/c1-4-10-21-15-19(2)27(20(3)16-21)34-31(38)32-26-18-24-14-9-8-13-23(24)17-25(26)29(35)33-28(30(36)37)22-11-6-5-7-12-22/h1,8-9,13-18,22,28,31-32,34,38H,5-7,10-12H2,2-3H3,(H,33,35)(H,36,37)/t28-,31?/m0/s1. The van der Waals surface area contributed by atoms with Gasteiger partial charge in [0.05, 0.1) is 11.3 Å². The lowest BCUT2D eigenvalue weighted by Gasteiger charge is -2.28. The van der Waals surface area contributed by atoms with E-state index in [9.17, 15) is 19.8 Å². The van der Waals surface area contributed by atoms with Crippen LogP contribution < -0.4 is 16.0 Å². The van der Waals surface area contributed by atoms with Crippen LogP contribution in [0.25, 0.3) is 10.8 Å². The van der Waals surface area contributed by atoms with Gasteiger partial charge < -0.3 is 26.2 Å². The van der Waals surface area contributed by atoms with E-state index < -0.39 is 24.3 Å². The molecule has 0 aliphatic heterocycles. The van der Waals surface area contributed by atoms with Crippen molar-refractivity contribution in [2.45, 2.75) is 64.8 Å². The van der Waals surface area contributed by atoms with Gasteiger partial charge in [0.15, 0.2) is 0 Å². The highest BCUT2D eigenvalue weighted by atomic mass is 16.4. The number of carbonyl (C=O) groups is 2. The molecule has 0 heterocycles. The third-order valence-corrected chi connectivity index (χ3v) is 7.28. The summed E-state index contributed by atoms with van der Waals surface area (Å²) >= 11 is 0. The topological polar surface area (TPSA) is 111 Å². The lowest BCUT2D eigenvalue weighted by molar-refractivity contribution is -0.141. The van der Waals surface area contributed by atoms with Gasteiger partial charge in [0, 0.05) is 12.1 Å². The van der Waals surface area contributed by atoms with Crippen molar-refractivity contribution in [1.29, 1.82) is 0 Å². The fourth-order valence-electron chi connectivity index (χ4n) is 5.44. The van der Waals surface area contributed by atoms with Gasteiger partial charge in [-0.25, -0.2) is 4.79 Å². The Labute approximate surface area is 223 Å². The molecule has 4 rings (SSSR count). The Kier molecular flexibility index (Phi) is 8.55. The second-order valence-electron chi connectivity index (χ2n) is 10.1. The van der Waals surface area contributed by atoms with Crippen LogP contribution in [0.15, 0.2) is 48.5 Å². The highest BCUT2D eigenvalue weighted by Crippen LogP contribution is 2.29. The maximum atomic E-state index is 13.5. The zero-order chi connectivity index (χ0) is 27.2. The number of amides is 1. The van der Waals surface area contributed by atoms with E-state index in [0.717, 1.165) is 65.3 Å². The third-order valence-electron chi connectivity index (χ3n) is 7.28. The number of aliphatic carboxylic acids is 1. The number of rotatable bonds is 9. The average molecular weight is 514 g/mol. The van der Waals surface area contributed by atoms with Crippen molar-refractivity contribution in [2.75, 3.05) is 10.6 Å². The van der Waals surface area contributed by atoms with Crippen molar-refractivity contribution in [1.82, 2.24) is 5.32 Å². The number of anilines is 2. The predicted octanol–water partition coefficient (Wildman–Crippen LogP) is 5.20. The van der Waals surface area contributed by atoms with Crippen LogP contribution in [-0.2, 0) is 11.2 Å². The minimum atomic E-state index is -1.22. The summed E-state index contributed by atoms with van der Waals surface area (Å²) in [5.41, 5.74) is 4.32. The Morgan fingerprint density at radius 1 is 1.00 bits per heavy atom. The van der Waals surface area contributed by atoms with Gasteiger partial charge in [0.25, 0.3) is 5.91 Å². The van der Waals surface area contributed by atoms with Crippen molar-refractivity contribution in [2.24, 2.45) is 5.92 Å². The van der Waals surface area contributed by atoms with Crippen LogP contribution in [0.5, 0.6) is 0 Å². The van der Waals surface area contributed by atoms with Crippen molar-refractivity contribution >= 4 is 34.0 Å². The highest BCUT2D eigenvalue weighted by molar-refractivity contribution is 6.05. The fourth-order valence-corrected chi connectivity index (χ4v) is 5.44. The molecule has 0 aromatic heterocycles. The van der Waals surface area contributed by atoms with Crippen molar-refractivity contribution < 1.29 is 19.8 Å². The largest absolute Gasteiger partial charge is 0.480 e. The summed E-state index contributed by atoms with van der Waals surface area (Å²) < 4.78 is 0. The Morgan fingerprint density at radius 2 is 1.63 bits per heavy atom. The lowest BCUT2D eigenvalue weighted by atomic mass is 9.83. The molecule has 7 heteroatoms. The number of aliphatic hydroxyl groups is 1. The third kappa shape index (κ3) is 6.27. The van der Waals surface area contributed by atoms with Gasteiger partial charge >= 0.3 is 5.97 Å². The van der Waals surface area contributed by atoms with Gasteiger partial charge in [-0.3, -0.25) is 4.79 Å². The van der Waals surface area contributed by atoms with Gasteiger partial charge in [-0.15, -0.1) is 12.3 Å². The maximum absolute atomic E-state index is 13.5. The molecule has 198 valence electrons. The molecule has 2 atom stereocenters. The van der Waals surface area contributed by atoms with Crippen LogP contribution >= 0.6 is 0 Å². The van der Waals surface area contributed by atoms with Crippen molar-refractivity contribution in [3.05, 3.63) is 70.8 Å². The number of carboxylic acid groups (broad SMARTS) is 1. The number of aliphatic hydroxyl groups excluding tert-OH is 1. The van der Waals surface area contributed by atoms with Crippen molar-refractivity contribution in [3.63, 3.8) is 0 Å². The normalized spacial score (nSPS) is 15.3. The van der Waals surface area contributed by atoms with E-state index in [2.05, 4.69) is 21.9 Å². The first-order valence-corrected chi connectivity index (χ1v) is 13.1. The molecular weight excluding hydrogens is 478 g/mol. The van der Waals surface area contributed by atoms with E-state index in [1.807, 2.05) is 50.2 Å². The van der Waals surface area contributed by atoms with Crippen LogP contribution in [0.1, 0.15) is 59.2 Å². The first-order chi connectivity index (χ1) is 18.3. The molecule has 0 radical (unpaired) electrons. The Bertz CT molecular complexity index is 1350. The summed E-state index contributed by atoms with van der Waals surface area (Å²) in [6, 6.07) is 14.1. The Hall–Kier alpha value is -4.02. The molecule has 1 amide bonds. The summed E-state index contributed by atoms with van der Waals surface area (Å²) in [7, 11) is 0. The van der Waals surface area contributed by atoms with Crippen LogP contribution in [0.2, 0.25) is 0 Å². The van der Waals surface area contributed by atoms with Crippen LogP contribution in [0, 0.1) is 32.1 Å². The van der Waals surface area contributed by atoms with Gasteiger partial charge in [0.2, 0.25) is 6.35 Å². The molecule has 0 spiro atoms. The number of hydrogen-bond donors (Lipinski definition) is 5. The van der Waals surface area contributed by atoms with E-state index in [1.54, 1.807) is 12.1 Å². The SMILES string of the molecule is C#CCc1cc(C)c(NC(O)Nc2cc3ccccc3cc2C(=O)N[C@H](C(=O)O)C2CCCCC2)c(C)c1. The molecule has 1 saturated carbocycles. The molecule has 3 aromatic carbocycles. The second-order valence-corrected chi connectivity index (χ2v) is 10.1. The molecule has 1 fully saturated rings. The molecule has 1 aliphatic carbocycles. The van der Waals surface area contributed by atoms with Gasteiger partial charge in [-0.05, 0) is 72.2 Å². The van der Waals surface area contributed by atoms with E-state index in [4.69, 9.17) is 6.42 Å². The molecular formula is C31H35N3O4. The average Bonchev–Trinajstić information content (AvgIpc) is 2.89. The number of fused-ring (bicyclic) bond motifs is 1. The summed E-state index contributed by atoms with van der Waals surface area (Å²) in [5, 5.41) is 31.4. The molecule has 1 aliphatic rings. The number of benzene rings is 3. The quantitative estimate of drug-likeness (QED) is 0.199. The summed E-state index contributed by atoms with van der Waals surface area (Å²) in [6.07, 6.45) is 9.34. The van der Waals surface area contributed by atoms with E-state index >= 15 is 0 Å². The number of carboxylic acids is 1. The number of carbonyl (C=O) groups excluding carboxylic acids is 1. The maximum Gasteiger partial charge on any atom is 0.326 e. The van der Waals surface area contributed by atoms with Crippen LogP contribution in [0.3, 0.4) is 0 Å². The first-order valence-electron chi connectivity index (χ1n) is 13.1. The van der Waals surface area contributed by atoms with E-state index in [1.165, 1.54) is 0 Å². The van der Waals surface area contributed by atoms with Crippen molar-refractivity contribution in [3.8, 4) is 12.3 Å². The number of nitrogens with one attached hydrogen (secondary N) is 3. The lowest BCUT2D eigenvalue weighted by Crippen LogP contribution is -2.46. The number of aryl methyl sites for hydroxylation is 2. The molecule has 7 nitrogen and oxygen atoms in total. The summed E-state index contributed by atoms with van der Waals surface area (Å²) in [4.78, 5) is 25.6. The first kappa shape index (κ1) is 27.0.